The molecule has 0 unspecified atom stereocenters. The van der Waals surface area contributed by atoms with Crippen molar-refractivity contribution >= 4 is 17.3 Å². The first-order valence-corrected chi connectivity index (χ1v) is 6.02. The van der Waals surface area contributed by atoms with Gasteiger partial charge in [-0.05, 0) is 25.0 Å². The molecule has 1 aliphatic rings. The van der Waals surface area contributed by atoms with Crippen LogP contribution in [0.25, 0.3) is 0 Å². The summed E-state index contributed by atoms with van der Waals surface area (Å²) in [5.74, 6) is -0.315. The lowest BCUT2D eigenvalue weighted by atomic mass is 10.3. The van der Waals surface area contributed by atoms with Crippen molar-refractivity contribution in [1.29, 1.82) is 0 Å². The first kappa shape index (κ1) is 11.8. The summed E-state index contributed by atoms with van der Waals surface area (Å²) in [5, 5.41) is 5.83. The standard InChI is InChI=1S/C13H12F2N4/c14-9-2-1-3-10(15)13(9)19-12-6-11(16-7-17-12)18-8-4-5-8/h1-3,6-8H,4-5H2,(H2,16,17,18,19). The minimum absolute atomic E-state index is 0.210. The van der Waals surface area contributed by atoms with Crippen molar-refractivity contribution in [3.8, 4) is 0 Å². The van der Waals surface area contributed by atoms with Gasteiger partial charge in [-0.3, -0.25) is 0 Å². The van der Waals surface area contributed by atoms with Crippen LogP contribution in [0.3, 0.4) is 0 Å². The van der Waals surface area contributed by atoms with E-state index in [2.05, 4.69) is 20.6 Å². The minimum Gasteiger partial charge on any atom is -0.367 e. The van der Waals surface area contributed by atoms with E-state index in [-0.39, 0.29) is 5.69 Å². The van der Waals surface area contributed by atoms with Crippen LogP contribution in [-0.4, -0.2) is 16.0 Å². The van der Waals surface area contributed by atoms with Crippen molar-refractivity contribution in [3.05, 3.63) is 42.2 Å². The summed E-state index contributed by atoms with van der Waals surface area (Å²) in [6, 6.07) is 5.78. The third kappa shape index (κ3) is 2.78. The zero-order chi connectivity index (χ0) is 13.2. The molecule has 1 aromatic carbocycles. The number of hydrogen-bond acceptors (Lipinski definition) is 4. The predicted molar refractivity (Wildman–Crippen MR) is 68.3 cm³/mol. The van der Waals surface area contributed by atoms with Crippen molar-refractivity contribution < 1.29 is 8.78 Å². The number of rotatable bonds is 4. The summed E-state index contributed by atoms with van der Waals surface area (Å²) in [6.45, 7) is 0. The van der Waals surface area contributed by atoms with Crippen LogP contribution in [0, 0.1) is 11.6 Å². The average molecular weight is 262 g/mol. The molecule has 0 aliphatic heterocycles. The van der Waals surface area contributed by atoms with Gasteiger partial charge in [0.25, 0.3) is 0 Å². The van der Waals surface area contributed by atoms with Crippen LogP contribution < -0.4 is 10.6 Å². The second-order valence-corrected chi connectivity index (χ2v) is 4.43. The Kier molecular flexibility index (Phi) is 2.98. The van der Waals surface area contributed by atoms with Gasteiger partial charge in [-0.2, -0.15) is 0 Å². The Morgan fingerprint density at radius 3 is 2.42 bits per heavy atom. The molecule has 0 bridgehead atoms. The Bertz CT molecular complexity index is 579. The van der Waals surface area contributed by atoms with E-state index < -0.39 is 11.6 Å². The molecule has 0 spiro atoms. The molecule has 4 nitrogen and oxygen atoms in total. The lowest BCUT2D eigenvalue weighted by Crippen LogP contribution is -2.05. The predicted octanol–water partition coefficient (Wildman–Crippen LogP) is 3.07. The normalized spacial score (nSPS) is 14.2. The number of nitrogens with one attached hydrogen (secondary N) is 2. The quantitative estimate of drug-likeness (QED) is 0.889. The van der Waals surface area contributed by atoms with Gasteiger partial charge in [-0.25, -0.2) is 18.7 Å². The van der Waals surface area contributed by atoms with Crippen molar-refractivity contribution in [3.63, 3.8) is 0 Å². The second-order valence-electron chi connectivity index (χ2n) is 4.43. The minimum atomic E-state index is -0.657. The van der Waals surface area contributed by atoms with Gasteiger partial charge in [0, 0.05) is 12.1 Å². The number of aromatic nitrogens is 2. The summed E-state index contributed by atoms with van der Waals surface area (Å²) in [7, 11) is 0. The number of anilines is 3. The van der Waals surface area contributed by atoms with Gasteiger partial charge in [0.2, 0.25) is 0 Å². The van der Waals surface area contributed by atoms with Gasteiger partial charge in [0.05, 0.1) is 0 Å². The molecule has 6 heteroatoms. The fourth-order valence-electron chi connectivity index (χ4n) is 1.69. The molecule has 3 rings (SSSR count). The molecule has 2 aromatic rings. The Morgan fingerprint density at radius 1 is 1.05 bits per heavy atom. The average Bonchev–Trinajstić information content (AvgIpc) is 3.18. The van der Waals surface area contributed by atoms with E-state index in [0.717, 1.165) is 12.8 Å². The van der Waals surface area contributed by atoms with E-state index in [9.17, 15) is 8.78 Å². The number of nitrogens with zero attached hydrogens (tertiary/aromatic N) is 2. The smallest absolute Gasteiger partial charge is 0.149 e. The highest BCUT2D eigenvalue weighted by atomic mass is 19.1. The summed E-state index contributed by atoms with van der Waals surface area (Å²) in [6.07, 6.45) is 3.59. The Hall–Kier alpha value is -2.24. The third-order valence-electron chi connectivity index (χ3n) is 2.81. The fourth-order valence-corrected chi connectivity index (χ4v) is 1.69. The highest BCUT2D eigenvalue weighted by Gasteiger charge is 2.21. The largest absolute Gasteiger partial charge is 0.367 e. The molecule has 1 heterocycles. The molecule has 98 valence electrons. The number of halogens is 2. The topological polar surface area (TPSA) is 49.8 Å². The molecule has 0 amide bonds. The van der Waals surface area contributed by atoms with Gasteiger partial charge < -0.3 is 10.6 Å². The Balaban J connectivity index is 1.82. The molecule has 0 saturated heterocycles. The molecule has 1 fully saturated rings. The van der Waals surface area contributed by atoms with E-state index in [1.807, 2.05) is 0 Å². The van der Waals surface area contributed by atoms with E-state index in [1.54, 1.807) is 6.07 Å². The van der Waals surface area contributed by atoms with Crippen molar-refractivity contribution in [2.45, 2.75) is 18.9 Å². The van der Waals surface area contributed by atoms with E-state index >= 15 is 0 Å². The highest BCUT2D eigenvalue weighted by molar-refractivity contribution is 5.60. The van der Waals surface area contributed by atoms with E-state index in [4.69, 9.17) is 0 Å². The summed E-state index contributed by atoms with van der Waals surface area (Å²) < 4.78 is 27.0. The van der Waals surface area contributed by atoms with Crippen LogP contribution in [0.5, 0.6) is 0 Å². The molecular weight excluding hydrogens is 250 g/mol. The molecule has 0 radical (unpaired) electrons. The number of hydrogen-bond donors (Lipinski definition) is 2. The molecule has 1 saturated carbocycles. The first-order chi connectivity index (χ1) is 9.22. The van der Waals surface area contributed by atoms with Crippen LogP contribution in [0.1, 0.15) is 12.8 Å². The highest BCUT2D eigenvalue weighted by Crippen LogP contribution is 2.26. The number of benzene rings is 1. The van der Waals surface area contributed by atoms with Gasteiger partial charge in [0.1, 0.15) is 35.3 Å². The van der Waals surface area contributed by atoms with Crippen molar-refractivity contribution in [2.75, 3.05) is 10.6 Å². The Morgan fingerprint density at radius 2 is 1.74 bits per heavy atom. The monoisotopic (exact) mass is 262 g/mol. The summed E-state index contributed by atoms with van der Waals surface area (Å²) in [4.78, 5) is 8.01. The lowest BCUT2D eigenvalue weighted by molar-refractivity contribution is 0.590. The zero-order valence-corrected chi connectivity index (χ0v) is 10.0. The van der Waals surface area contributed by atoms with Crippen LogP contribution >= 0.6 is 0 Å². The molecule has 2 N–H and O–H groups in total. The maximum atomic E-state index is 13.5. The molecular formula is C13H12F2N4. The van der Waals surface area contributed by atoms with E-state index in [0.29, 0.717) is 17.7 Å². The van der Waals surface area contributed by atoms with E-state index in [1.165, 1.54) is 24.5 Å². The van der Waals surface area contributed by atoms with Crippen LogP contribution in [0.4, 0.5) is 26.1 Å². The van der Waals surface area contributed by atoms with Gasteiger partial charge in [0.15, 0.2) is 0 Å². The van der Waals surface area contributed by atoms with Gasteiger partial charge >= 0.3 is 0 Å². The van der Waals surface area contributed by atoms with Crippen molar-refractivity contribution in [2.24, 2.45) is 0 Å². The van der Waals surface area contributed by atoms with Gasteiger partial charge in [-0.1, -0.05) is 6.07 Å². The lowest BCUT2D eigenvalue weighted by Gasteiger charge is -2.09. The summed E-state index contributed by atoms with van der Waals surface area (Å²) in [5.41, 5.74) is -0.210. The SMILES string of the molecule is Fc1cccc(F)c1Nc1cc(NC2CC2)ncn1. The van der Waals surface area contributed by atoms with Crippen LogP contribution in [0.15, 0.2) is 30.6 Å². The van der Waals surface area contributed by atoms with Crippen LogP contribution in [0.2, 0.25) is 0 Å². The molecule has 0 atom stereocenters. The molecule has 1 aliphatic carbocycles. The molecule has 1 aromatic heterocycles. The van der Waals surface area contributed by atoms with Crippen molar-refractivity contribution in [1.82, 2.24) is 9.97 Å². The van der Waals surface area contributed by atoms with Crippen LogP contribution in [-0.2, 0) is 0 Å². The zero-order valence-electron chi connectivity index (χ0n) is 10.0. The maximum Gasteiger partial charge on any atom is 0.149 e. The molecule has 19 heavy (non-hydrogen) atoms. The fraction of sp³-hybridized carbons (Fsp3) is 0.231. The third-order valence-corrected chi connectivity index (χ3v) is 2.81. The van der Waals surface area contributed by atoms with Gasteiger partial charge in [-0.15, -0.1) is 0 Å². The first-order valence-electron chi connectivity index (χ1n) is 6.02. The second kappa shape index (κ2) is 4.79. The Labute approximate surface area is 108 Å². The summed E-state index contributed by atoms with van der Waals surface area (Å²) >= 11 is 0. The maximum absolute atomic E-state index is 13.5. The number of para-hydroxylation sites is 1.